The van der Waals surface area contributed by atoms with Gasteiger partial charge in [-0.05, 0) is 32.2 Å². The minimum absolute atomic E-state index is 0.000531. The Morgan fingerprint density at radius 3 is 1.65 bits per heavy atom. The van der Waals surface area contributed by atoms with Crippen molar-refractivity contribution in [2.24, 2.45) is 5.73 Å². The van der Waals surface area contributed by atoms with Crippen LogP contribution in [0.3, 0.4) is 0 Å². The van der Waals surface area contributed by atoms with Crippen LogP contribution in [0.25, 0.3) is 0 Å². The second-order valence-corrected chi connectivity index (χ2v) is 6.76. The molecule has 0 saturated heterocycles. The maximum absolute atomic E-state index is 10.0. The van der Waals surface area contributed by atoms with E-state index >= 15 is 0 Å². The van der Waals surface area contributed by atoms with E-state index in [4.69, 9.17) is 10.8 Å². The molecule has 0 radical (unpaired) electrons. The third kappa shape index (κ3) is 19.3. The fourth-order valence-corrected chi connectivity index (χ4v) is 2.92. The van der Waals surface area contributed by atoms with E-state index in [1.165, 1.54) is 57.8 Å². The number of aliphatic hydroxyl groups excluding tert-OH is 1. The summed E-state index contributed by atoms with van der Waals surface area (Å²) in [7, 11) is 0. The first kappa shape index (κ1) is 22.4. The smallest absolute Gasteiger partial charge is 0.303 e. The molecule has 1 rings (SSSR count). The number of carbonyl (C=O) groups is 1. The second kappa shape index (κ2) is 17.7. The lowest BCUT2D eigenvalue weighted by atomic mass is 10.00. The van der Waals surface area contributed by atoms with Gasteiger partial charge in [0.25, 0.3) is 0 Å². The number of unbranched alkanes of at least 4 members (excludes halogenated alkanes) is 3. The van der Waals surface area contributed by atoms with Crippen LogP contribution in [0.4, 0.5) is 0 Å². The lowest BCUT2D eigenvalue weighted by Crippen LogP contribution is -2.06. The van der Waals surface area contributed by atoms with Crippen LogP contribution >= 0.6 is 0 Å². The molecule has 23 heavy (non-hydrogen) atoms. The Morgan fingerprint density at radius 1 is 0.783 bits per heavy atom. The van der Waals surface area contributed by atoms with E-state index in [0.717, 1.165) is 38.5 Å². The van der Waals surface area contributed by atoms with Gasteiger partial charge in [-0.15, -0.1) is 0 Å². The van der Waals surface area contributed by atoms with Crippen LogP contribution in [0.15, 0.2) is 0 Å². The van der Waals surface area contributed by atoms with Crippen molar-refractivity contribution in [3.05, 3.63) is 0 Å². The molecule has 0 heterocycles. The predicted molar refractivity (Wildman–Crippen MR) is 96.6 cm³/mol. The quantitative estimate of drug-likeness (QED) is 0.620. The average molecular weight is 330 g/mol. The normalized spacial score (nSPS) is 18.2. The monoisotopic (exact) mass is 329 g/mol. The molecule has 4 nitrogen and oxygen atoms in total. The van der Waals surface area contributed by atoms with E-state index in [2.05, 4.69) is 0 Å². The highest BCUT2D eigenvalue weighted by molar-refractivity contribution is 5.66. The molecular formula is C19H39NO3. The number of nitrogens with two attached hydrogens (primary N) is 1. The van der Waals surface area contributed by atoms with Gasteiger partial charge in [0, 0.05) is 6.42 Å². The van der Waals surface area contributed by atoms with Crippen LogP contribution in [-0.4, -0.2) is 28.8 Å². The molecule has 1 aliphatic carbocycles. The van der Waals surface area contributed by atoms with E-state index in [1.807, 2.05) is 0 Å². The van der Waals surface area contributed by atoms with Crippen LogP contribution < -0.4 is 5.73 Å². The molecule has 0 atom stereocenters. The standard InChI is InChI=1S/C12H24O.C7H15NO2/c13-12-10-8-6-4-2-1-3-5-7-9-11-12;8-6-4-2-1-3-5-7(9)10/h12-13H,1-11H2;1-6,8H2,(H,9,10). The molecule has 0 aliphatic heterocycles. The maximum Gasteiger partial charge on any atom is 0.303 e. The van der Waals surface area contributed by atoms with Crippen molar-refractivity contribution >= 4 is 5.97 Å². The van der Waals surface area contributed by atoms with Crippen LogP contribution in [0.2, 0.25) is 0 Å². The van der Waals surface area contributed by atoms with Crippen molar-refractivity contribution in [3.8, 4) is 0 Å². The molecule has 1 fully saturated rings. The van der Waals surface area contributed by atoms with Crippen molar-refractivity contribution in [2.75, 3.05) is 6.54 Å². The van der Waals surface area contributed by atoms with E-state index in [1.54, 1.807) is 0 Å². The molecule has 0 aromatic carbocycles. The molecule has 0 aromatic rings. The Bertz CT molecular complexity index is 247. The highest BCUT2D eigenvalue weighted by Crippen LogP contribution is 2.16. The van der Waals surface area contributed by atoms with Gasteiger partial charge in [-0.25, -0.2) is 0 Å². The van der Waals surface area contributed by atoms with Gasteiger partial charge in [0.1, 0.15) is 0 Å². The summed E-state index contributed by atoms with van der Waals surface area (Å²) in [6.07, 6.45) is 18.4. The lowest BCUT2D eigenvalue weighted by molar-refractivity contribution is -0.137. The van der Waals surface area contributed by atoms with E-state index in [0.29, 0.717) is 13.0 Å². The maximum atomic E-state index is 10.0. The molecule has 0 bridgehead atoms. The minimum Gasteiger partial charge on any atom is -0.481 e. The summed E-state index contributed by atoms with van der Waals surface area (Å²) >= 11 is 0. The molecule has 138 valence electrons. The van der Waals surface area contributed by atoms with Crippen LogP contribution in [-0.2, 0) is 4.79 Å². The summed E-state index contributed by atoms with van der Waals surface area (Å²) in [5.74, 6) is -0.701. The molecule has 0 aromatic heterocycles. The Labute approximate surface area is 142 Å². The third-order valence-corrected chi connectivity index (χ3v) is 4.42. The fraction of sp³-hybridized carbons (Fsp3) is 0.947. The highest BCUT2D eigenvalue weighted by Gasteiger charge is 2.04. The zero-order chi connectivity index (χ0) is 17.2. The van der Waals surface area contributed by atoms with E-state index in [9.17, 15) is 9.90 Å². The van der Waals surface area contributed by atoms with Gasteiger partial charge >= 0.3 is 5.97 Å². The molecule has 4 N–H and O–H groups in total. The summed E-state index contributed by atoms with van der Waals surface area (Å²) in [5.41, 5.74) is 5.25. The van der Waals surface area contributed by atoms with Gasteiger partial charge < -0.3 is 15.9 Å². The first-order valence-corrected chi connectivity index (χ1v) is 9.76. The van der Waals surface area contributed by atoms with Crippen LogP contribution in [0, 0.1) is 0 Å². The second-order valence-electron chi connectivity index (χ2n) is 6.76. The number of carboxylic acids is 1. The van der Waals surface area contributed by atoms with Gasteiger partial charge in [0.2, 0.25) is 0 Å². The Morgan fingerprint density at radius 2 is 1.22 bits per heavy atom. The number of hydrogen-bond acceptors (Lipinski definition) is 3. The molecule has 1 saturated carbocycles. The summed E-state index contributed by atoms with van der Waals surface area (Å²) in [6.45, 7) is 0.715. The zero-order valence-electron chi connectivity index (χ0n) is 15.0. The van der Waals surface area contributed by atoms with Gasteiger partial charge in [0.15, 0.2) is 0 Å². The fourth-order valence-electron chi connectivity index (χ4n) is 2.92. The summed E-state index contributed by atoms with van der Waals surface area (Å²) in [5, 5.41) is 17.8. The number of hydrogen-bond donors (Lipinski definition) is 3. The summed E-state index contributed by atoms with van der Waals surface area (Å²) in [6, 6.07) is 0. The van der Waals surface area contributed by atoms with Gasteiger partial charge in [-0.1, -0.05) is 70.6 Å². The van der Waals surface area contributed by atoms with Crippen molar-refractivity contribution in [3.63, 3.8) is 0 Å². The Hall–Kier alpha value is -0.610. The van der Waals surface area contributed by atoms with Crippen molar-refractivity contribution < 1.29 is 15.0 Å². The number of rotatable bonds is 6. The molecule has 4 heteroatoms. The molecule has 0 spiro atoms. The highest BCUT2D eigenvalue weighted by atomic mass is 16.4. The Balaban J connectivity index is 0.000000438. The van der Waals surface area contributed by atoms with Gasteiger partial charge in [-0.3, -0.25) is 4.79 Å². The van der Waals surface area contributed by atoms with E-state index in [-0.39, 0.29) is 6.10 Å². The van der Waals surface area contributed by atoms with Gasteiger partial charge in [0.05, 0.1) is 6.10 Å². The predicted octanol–water partition coefficient (Wildman–Crippen LogP) is 4.63. The third-order valence-electron chi connectivity index (χ3n) is 4.42. The Kier molecular flexibility index (Phi) is 17.3. The largest absolute Gasteiger partial charge is 0.481 e. The van der Waals surface area contributed by atoms with Crippen LogP contribution in [0.1, 0.15) is 103 Å². The van der Waals surface area contributed by atoms with Crippen molar-refractivity contribution in [2.45, 2.75) is 109 Å². The zero-order valence-corrected chi connectivity index (χ0v) is 15.0. The summed E-state index contributed by atoms with van der Waals surface area (Å²) in [4.78, 5) is 10.0. The molecule has 0 unspecified atom stereocenters. The number of aliphatic hydroxyl groups is 1. The van der Waals surface area contributed by atoms with Gasteiger partial charge in [-0.2, -0.15) is 0 Å². The van der Waals surface area contributed by atoms with Crippen LogP contribution in [0.5, 0.6) is 0 Å². The van der Waals surface area contributed by atoms with E-state index < -0.39 is 5.97 Å². The topological polar surface area (TPSA) is 83.6 Å². The number of aliphatic carboxylic acids is 1. The van der Waals surface area contributed by atoms with Crippen molar-refractivity contribution in [1.29, 1.82) is 0 Å². The van der Waals surface area contributed by atoms with Crippen molar-refractivity contribution in [1.82, 2.24) is 0 Å². The SMILES string of the molecule is NCCCCCCC(=O)O.OC1CCCCCCCCCCC1. The molecular weight excluding hydrogens is 290 g/mol. The lowest BCUT2D eigenvalue weighted by Gasteiger charge is -2.11. The molecule has 1 aliphatic rings. The number of carboxylic acid groups (broad SMARTS) is 1. The molecule has 0 amide bonds. The first-order chi connectivity index (χ1) is 11.2. The average Bonchev–Trinajstić information content (AvgIpc) is 2.51. The minimum atomic E-state index is -0.701. The first-order valence-electron chi connectivity index (χ1n) is 9.76. The summed E-state index contributed by atoms with van der Waals surface area (Å²) < 4.78 is 0.